The van der Waals surface area contributed by atoms with Gasteiger partial charge in [0, 0.05) is 0 Å². The number of benzene rings is 2. The number of hydrogen-bond acceptors (Lipinski definition) is 4. The lowest BCUT2D eigenvalue weighted by Crippen LogP contribution is -2.17. The average Bonchev–Trinajstić information content (AvgIpc) is 2.49. The molecule has 0 unspecified atom stereocenters. The molecule has 5 nitrogen and oxygen atoms in total. The van der Waals surface area contributed by atoms with Crippen LogP contribution in [0.5, 0.6) is 11.5 Å². The molecule has 0 heterocycles. The number of hydrogen-bond donors (Lipinski definition) is 2. The monoisotopic (exact) mass is 306 g/mol. The lowest BCUT2D eigenvalue weighted by molar-refractivity contribution is -0.0498. The van der Waals surface area contributed by atoms with Gasteiger partial charge >= 0.3 is 6.61 Å². The second kappa shape index (κ2) is 7.16. The SMILES string of the molecule is O=C(N/N=C\c1ccc(OC(F)F)cc1)c1ccccc1O. The molecule has 0 atom stereocenters. The van der Waals surface area contributed by atoms with E-state index in [1.807, 2.05) is 0 Å². The molecule has 0 aliphatic heterocycles. The van der Waals surface area contributed by atoms with Gasteiger partial charge in [-0.05, 0) is 42.0 Å². The van der Waals surface area contributed by atoms with Gasteiger partial charge in [-0.25, -0.2) is 5.43 Å². The molecular formula is C15H12F2N2O3. The molecule has 1 amide bonds. The van der Waals surface area contributed by atoms with Crippen LogP contribution in [0, 0.1) is 0 Å². The zero-order chi connectivity index (χ0) is 15.9. The van der Waals surface area contributed by atoms with Crippen molar-refractivity contribution in [2.24, 2.45) is 5.10 Å². The van der Waals surface area contributed by atoms with E-state index in [4.69, 9.17) is 0 Å². The van der Waals surface area contributed by atoms with Crippen molar-refractivity contribution in [3.8, 4) is 11.5 Å². The molecule has 2 aromatic rings. The van der Waals surface area contributed by atoms with Gasteiger partial charge in [0.1, 0.15) is 11.5 Å². The lowest BCUT2D eigenvalue weighted by atomic mass is 10.2. The van der Waals surface area contributed by atoms with E-state index in [2.05, 4.69) is 15.3 Å². The number of ether oxygens (including phenoxy) is 1. The van der Waals surface area contributed by atoms with Crippen LogP contribution in [0.25, 0.3) is 0 Å². The van der Waals surface area contributed by atoms with Crippen LogP contribution in [0.1, 0.15) is 15.9 Å². The molecule has 0 radical (unpaired) electrons. The van der Waals surface area contributed by atoms with Crippen molar-refractivity contribution in [1.82, 2.24) is 5.43 Å². The number of alkyl halides is 2. The van der Waals surface area contributed by atoms with E-state index in [1.165, 1.54) is 42.6 Å². The number of carbonyl (C=O) groups excluding carboxylic acids is 1. The minimum atomic E-state index is -2.88. The molecule has 0 bridgehead atoms. The van der Waals surface area contributed by atoms with Gasteiger partial charge in [-0.1, -0.05) is 12.1 Å². The highest BCUT2D eigenvalue weighted by molar-refractivity contribution is 5.97. The van der Waals surface area contributed by atoms with Crippen molar-refractivity contribution in [2.75, 3.05) is 0 Å². The summed E-state index contributed by atoms with van der Waals surface area (Å²) in [5.74, 6) is -0.680. The Hall–Kier alpha value is -2.96. The fourth-order valence-electron chi connectivity index (χ4n) is 1.63. The Bertz CT molecular complexity index is 673. The van der Waals surface area contributed by atoms with E-state index in [0.29, 0.717) is 5.56 Å². The van der Waals surface area contributed by atoms with Crippen molar-refractivity contribution < 1.29 is 23.4 Å². The maximum absolute atomic E-state index is 12.0. The third-order valence-electron chi connectivity index (χ3n) is 2.63. The Balaban J connectivity index is 1.95. The molecule has 0 saturated heterocycles. The topological polar surface area (TPSA) is 70.9 Å². The summed E-state index contributed by atoms with van der Waals surface area (Å²) in [6, 6.07) is 11.8. The zero-order valence-electron chi connectivity index (χ0n) is 11.2. The van der Waals surface area contributed by atoms with Gasteiger partial charge in [0.15, 0.2) is 0 Å². The van der Waals surface area contributed by atoms with Gasteiger partial charge in [-0.2, -0.15) is 13.9 Å². The van der Waals surface area contributed by atoms with E-state index in [9.17, 15) is 18.7 Å². The van der Waals surface area contributed by atoms with E-state index < -0.39 is 12.5 Å². The Kier molecular flexibility index (Phi) is 5.02. The van der Waals surface area contributed by atoms with E-state index in [0.717, 1.165) is 0 Å². The van der Waals surface area contributed by atoms with Crippen molar-refractivity contribution in [1.29, 1.82) is 0 Å². The van der Waals surface area contributed by atoms with Gasteiger partial charge in [0.25, 0.3) is 5.91 Å². The molecule has 0 spiro atoms. The number of phenols is 1. The summed E-state index contributed by atoms with van der Waals surface area (Å²) in [6.45, 7) is -2.88. The molecule has 0 aliphatic carbocycles. The number of nitrogens with zero attached hydrogens (tertiary/aromatic N) is 1. The summed E-state index contributed by atoms with van der Waals surface area (Å²) in [7, 11) is 0. The first-order chi connectivity index (χ1) is 10.6. The number of rotatable bonds is 5. The molecule has 114 valence electrons. The predicted molar refractivity (Wildman–Crippen MR) is 76.2 cm³/mol. The first-order valence-electron chi connectivity index (χ1n) is 6.22. The van der Waals surface area contributed by atoms with E-state index >= 15 is 0 Å². The van der Waals surface area contributed by atoms with Crippen LogP contribution in [0.15, 0.2) is 53.6 Å². The van der Waals surface area contributed by atoms with Gasteiger partial charge in [0.05, 0.1) is 11.8 Å². The summed E-state index contributed by atoms with van der Waals surface area (Å²) in [6.07, 6.45) is 1.34. The van der Waals surface area contributed by atoms with Crippen LogP contribution in [0.4, 0.5) is 8.78 Å². The number of aromatic hydroxyl groups is 1. The van der Waals surface area contributed by atoms with Crippen LogP contribution in [-0.4, -0.2) is 23.8 Å². The molecule has 0 aromatic heterocycles. The molecule has 2 aromatic carbocycles. The minimum Gasteiger partial charge on any atom is -0.507 e. The molecule has 2 N–H and O–H groups in total. The molecule has 0 aliphatic rings. The van der Waals surface area contributed by atoms with Crippen molar-refractivity contribution in [2.45, 2.75) is 6.61 Å². The number of carbonyl (C=O) groups is 1. The summed E-state index contributed by atoms with van der Waals surface area (Å²) in [5.41, 5.74) is 2.93. The fourth-order valence-corrected chi connectivity index (χ4v) is 1.63. The largest absolute Gasteiger partial charge is 0.507 e. The smallest absolute Gasteiger partial charge is 0.387 e. The molecular weight excluding hydrogens is 294 g/mol. The summed E-state index contributed by atoms with van der Waals surface area (Å²) >= 11 is 0. The number of para-hydroxylation sites is 1. The third kappa shape index (κ3) is 4.27. The lowest BCUT2D eigenvalue weighted by Gasteiger charge is -2.04. The first-order valence-corrected chi connectivity index (χ1v) is 6.22. The summed E-state index contributed by atoms with van der Waals surface area (Å²) in [4.78, 5) is 11.7. The normalized spacial score (nSPS) is 10.9. The fraction of sp³-hybridized carbons (Fsp3) is 0.0667. The van der Waals surface area contributed by atoms with Gasteiger partial charge in [-0.15, -0.1) is 0 Å². The van der Waals surface area contributed by atoms with Gasteiger partial charge < -0.3 is 9.84 Å². The number of amides is 1. The summed E-state index contributed by atoms with van der Waals surface area (Å²) < 4.78 is 28.2. The number of nitrogens with one attached hydrogen (secondary N) is 1. The Morgan fingerprint density at radius 1 is 1.18 bits per heavy atom. The highest BCUT2D eigenvalue weighted by Crippen LogP contribution is 2.15. The highest BCUT2D eigenvalue weighted by Gasteiger charge is 2.08. The Morgan fingerprint density at radius 2 is 1.86 bits per heavy atom. The maximum Gasteiger partial charge on any atom is 0.387 e. The standard InChI is InChI=1S/C15H12F2N2O3/c16-15(17)22-11-7-5-10(6-8-11)9-18-19-14(21)12-3-1-2-4-13(12)20/h1-9,15,20H,(H,19,21)/b18-9-. The van der Waals surface area contributed by atoms with Crippen LogP contribution >= 0.6 is 0 Å². The average molecular weight is 306 g/mol. The van der Waals surface area contributed by atoms with Crippen molar-refractivity contribution >= 4 is 12.1 Å². The van der Waals surface area contributed by atoms with Gasteiger partial charge in [0.2, 0.25) is 0 Å². The van der Waals surface area contributed by atoms with Crippen molar-refractivity contribution in [3.05, 3.63) is 59.7 Å². The van der Waals surface area contributed by atoms with Gasteiger partial charge in [-0.3, -0.25) is 4.79 Å². The highest BCUT2D eigenvalue weighted by atomic mass is 19.3. The zero-order valence-corrected chi connectivity index (χ0v) is 11.2. The Labute approximate surface area is 124 Å². The van der Waals surface area contributed by atoms with Crippen LogP contribution in [0.3, 0.4) is 0 Å². The van der Waals surface area contributed by atoms with Crippen LogP contribution < -0.4 is 10.2 Å². The first kappa shape index (κ1) is 15.4. The molecule has 0 saturated carbocycles. The second-order valence-electron chi connectivity index (χ2n) is 4.16. The number of phenolic OH excluding ortho intramolecular Hbond substituents is 1. The molecule has 2 rings (SSSR count). The molecule has 0 fully saturated rings. The number of hydrazone groups is 1. The Morgan fingerprint density at radius 3 is 2.50 bits per heavy atom. The number of halogens is 2. The maximum atomic E-state index is 12.0. The molecule has 7 heteroatoms. The predicted octanol–water partition coefficient (Wildman–Crippen LogP) is 2.76. The van der Waals surface area contributed by atoms with E-state index in [-0.39, 0.29) is 17.1 Å². The van der Waals surface area contributed by atoms with Crippen LogP contribution in [-0.2, 0) is 0 Å². The van der Waals surface area contributed by atoms with Crippen LogP contribution in [0.2, 0.25) is 0 Å². The quantitative estimate of drug-likeness (QED) is 0.659. The summed E-state index contributed by atoms with van der Waals surface area (Å²) in [5, 5.41) is 13.2. The molecule has 22 heavy (non-hydrogen) atoms. The third-order valence-corrected chi connectivity index (χ3v) is 2.63. The second-order valence-corrected chi connectivity index (χ2v) is 4.16. The van der Waals surface area contributed by atoms with Crippen molar-refractivity contribution in [3.63, 3.8) is 0 Å². The van der Waals surface area contributed by atoms with E-state index in [1.54, 1.807) is 12.1 Å². The minimum absolute atomic E-state index is 0.0328.